The van der Waals surface area contributed by atoms with Crippen LogP contribution in [-0.4, -0.2) is 0 Å². The standard InChI is InChI=1S/C10H9F4/c1-2-4-7-8(10(12,13)14)5-3-6-9(7)11/h3,5-6H,1-2,4H2. The predicted molar refractivity (Wildman–Crippen MR) is 45.1 cm³/mol. The lowest BCUT2D eigenvalue weighted by molar-refractivity contribution is -0.138. The molecular formula is C10H9F4. The van der Waals surface area contributed by atoms with E-state index in [4.69, 9.17) is 0 Å². The second kappa shape index (κ2) is 3.98. The summed E-state index contributed by atoms with van der Waals surface area (Å²) in [5.74, 6) is -0.816. The quantitative estimate of drug-likeness (QED) is 0.647. The Bertz CT molecular complexity index is 314. The summed E-state index contributed by atoms with van der Waals surface area (Å²) >= 11 is 0. The molecule has 0 aliphatic carbocycles. The molecule has 0 aliphatic heterocycles. The van der Waals surface area contributed by atoms with Crippen LogP contribution in [-0.2, 0) is 12.6 Å². The van der Waals surface area contributed by atoms with E-state index in [1.807, 2.05) is 0 Å². The lowest BCUT2D eigenvalue weighted by atomic mass is 10.0. The highest BCUT2D eigenvalue weighted by molar-refractivity contribution is 5.31. The van der Waals surface area contributed by atoms with Crippen molar-refractivity contribution in [1.29, 1.82) is 0 Å². The molecule has 0 spiro atoms. The fourth-order valence-electron chi connectivity index (χ4n) is 1.26. The Balaban J connectivity index is 3.21. The number of alkyl halides is 3. The topological polar surface area (TPSA) is 0 Å². The molecule has 1 rings (SSSR count). The molecule has 0 aromatic heterocycles. The summed E-state index contributed by atoms with van der Waals surface area (Å²) in [6.07, 6.45) is -4.25. The lowest BCUT2D eigenvalue weighted by Gasteiger charge is -2.12. The van der Waals surface area contributed by atoms with E-state index in [0.717, 1.165) is 18.2 Å². The van der Waals surface area contributed by atoms with Crippen LogP contribution < -0.4 is 0 Å². The first kappa shape index (κ1) is 11.0. The van der Waals surface area contributed by atoms with E-state index < -0.39 is 17.6 Å². The summed E-state index contributed by atoms with van der Waals surface area (Å²) in [5.41, 5.74) is -1.20. The average molecular weight is 205 g/mol. The highest BCUT2D eigenvalue weighted by Crippen LogP contribution is 2.33. The van der Waals surface area contributed by atoms with Gasteiger partial charge in [-0.3, -0.25) is 0 Å². The van der Waals surface area contributed by atoms with Gasteiger partial charge in [-0.25, -0.2) is 4.39 Å². The number of hydrogen-bond acceptors (Lipinski definition) is 0. The van der Waals surface area contributed by atoms with E-state index in [1.54, 1.807) is 0 Å². The fourth-order valence-corrected chi connectivity index (χ4v) is 1.26. The van der Waals surface area contributed by atoms with Crippen LogP contribution in [0.5, 0.6) is 0 Å². The van der Waals surface area contributed by atoms with Gasteiger partial charge in [-0.1, -0.05) is 13.0 Å². The molecule has 1 aromatic rings. The van der Waals surface area contributed by atoms with Gasteiger partial charge in [0, 0.05) is 0 Å². The fraction of sp³-hybridized carbons (Fsp3) is 0.300. The Labute approximate surface area is 79.6 Å². The van der Waals surface area contributed by atoms with Gasteiger partial charge in [0.1, 0.15) is 5.82 Å². The second-order valence-corrected chi connectivity index (χ2v) is 2.87. The predicted octanol–water partition coefficient (Wildman–Crippen LogP) is 3.61. The molecule has 0 bridgehead atoms. The molecular weight excluding hydrogens is 196 g/mol. The van der Waals surface area contributed by atoms with Gasteiger partial charge in [-0.15, -0.1) is 0 Å². The smallest absolute Gasteiger partial charge is 0.207 e. The summed E-state index contributed by atoms with van der Waals surface area (Å²) in [4.78, 5) is 0. The van der Waals surface area contributed by atoms with Gasteiger partial charge in [-0.05, 0) is 30.5 Å². The van der Waals surface area contributed by atoms with Gasteiger partial charge in [-0.2, -0.15) is 13.2 Å². The summed E-state index contributed by atoms with van der Waals surface area (Å²) in [5, 5.41) is 0. The highest BCUT2D eigenvalue weighted by Gasteiger charge is 2.33. The van der Waals surface area contributed by atoms with Crippen molar-refractivity contribution in [1.82, 2.24) is 0 Å². The Morgan fingerprint density at radius 1 is 1.21 bits per heavy atom. The van der Waals surface area contributed by atoms with Crippen molar-refractivity contribution in [2.24, 2.45) is 0 Å². The number of hydrogen-bond donors (Lipinski definition) is 0. The Morgan fingerprint density at radius 2 is 1.86 bits per heavy atom. The SMILES string of the molecule is [CH2]CCc1c(F)cccc1C(F)(F)F. The van der Waals surface area contributed by atoms with Crippen LogP contribution in [0.15, 0.2) is 18.2 Å². The van der Waals surface area contributed by atoms with Gasteiger partial charge in [0.15, 0.2) is 0 Å². The van der Waals surface area contributed by atoms with Crippen molar-refractivity contribution in [3.05, 3.63) is 42.1 Å². The van der Waals surface area contributed by atoms with Crippen LogP contribution in [0, 0.1) is 12.7 Å². The second-order valence-electron chi connectivity index (χ2n) is 2.87. The van der Waals surface area contributed by atoms with Crippen LogP contribution in [0.3, 0.4) is 0 Å². The van der Waals surface area contributed by atoms with E-state index in [0.29, 0.717) is 0 Å². The summed E-state index contributed by atoms with van der Waals surface area (Å²) in [7, 11) is 0. The monoisotopic (exact) mass is 205 g/mol. The van der Waals surface area contributed by atoms with Gasteiger partial charge in [0.25, 0.3) is 0 Å². The molecule has 0 fully saturated rings. The van der Waals surface area contributed by atoms with E-state index >= 15 is 0 Å². The first-order valence-electron chi connectivity index (χ1n) is 4.10. The molecule has 0 nitrogen and oxygen atoms in total. The maximum Gasteiger partial charge on any atom is 0.416 e. The zero-order valence-electron chi connectivity index (χ0n) is 7.37. The molecule has 1 radical (unpaired) electrons. The van der Waals surface area contributed by atoms with Crippen molar-refractivity contribution in [2.45, 2.75) is 19.0 Å². The first-order chi connectivity index (χ1) is 6.46. The molecule has 4 heteroatoms. The normalized spacial score (nSPS) is 11.8. The van der Waals surface area contributed by atoms with E-state index in [9.17, 15) is 17.6 Å². The van der Waals surface area contributed by atoms with E-state index in [1.165, 1.54) is 0 Å². The maximum atomic E-state index is 13.0. The van der Waals surface area contributed by atoms with E-state index in [-0.39, 0.29) is 18.4 Å². The van der Waals surface area contributed by atoms with Crippen LogP contribution >= 0.6 is 0 Å². The van der Waals surface area contributed by atoms with E-state index in [2.05, 4.69) is 6.92 Å². The summed E-state index contributed by atoms with van der Waals surface area (Å²) in [6.45, 7) is 3.41. The van der Waals surface area contributed by atoms with Crippen molar-refractivity contribution in [2.75, 3.05) is 0 Å². The number of halogens is 4. The zero-order chi connectivity index (χ0) is 10.8. The van der Waals surface area contributed by atoms with Gasteiger partial charge >= 0.3 is 6.18 Å². The molecule has 0 unspecified atom stereocenters. The van der Waals surface area contributed by atoms with Crippen LogP contribution in [0.1, 0.15) is 17.5 Å². The molecule has 14 heavy (non-hydrogen) atoms. The first-order valence-corrected chi connectivity index (χ1v) is 4.10. The summed E-state index contributed by atoms with van der Waals surface area (Å²) in [6, 6.07) is 2.97. The Morgan fingerprint density at radius 3 is 2.36 bits per heavy atom. The van der Waals surface area contributed by atoms with Gasteiger partial charge in [0.05, 0.1) is 5.56 Å². The lowest BCUT2D eigenvalue weighted by Crippen LogP contribution is -2.10. The third-order valence-corrected chi connectivity index (χ3v) is 1.85. The largest absolute Gasteiger partial charge is 0.416 e. The maximum absolute atomic E-state index is 13.0. The van der Waals surface area contributed by atoms with Crippen molar-refractivity contribution in [3.8, 4) is 0 Å². The molecule has 0 saturated carbocycles. The van der Waals surface area contributed by atoms with Gasteiger partial charge < -0.3 is 0 Å². The average Bonchev–Trinajstić information content (AvgIpc) is 2.07. The molecule has 1 aromatic carbocycles. The van der Waals surface area contributed by atoms with Crippen molar-refractivity contribution >= 4 is 0 Å². The number of rotatable bonds is 2. The minimum atomic E-state index is -4.49. The van der Waals surface area contributed by atoms with Gasteiger partial charge in [0.2, 0.25) is 0 Å². The summed E-state index contributed by atoms with van der Waals surface area (Å²) < 4.78 is 50.1. The Kier molecular flexibility index (Phi) is 3.13. The molecule has 0 amide bonds. The zero-order valence-corrected chi connectivity index (χ0v) is 7.37. The highest BCUT2D eigenvalue weighted by atomic mass is 19.4. The molecule has 0 N–H and O–H groups in total. The molecule has 77 valence electrons. The third-order valence-electron chi connectivity index (χ3n) is 1.85. The molecule has 0 heterocycles. The Hall–Kier alpha value is -1.06. The van der Waals surface area contributed by atoms with Crippen molar-refractivity contribution < 1.29 is 17.6 Å². The third kappa shape index (κ3) is 2.25. The van der Waals surface area contributed by atoms with Crippen molar-refractivity contribution in [3.63, 3.8) is 0 Å². The van der Waals surface area contributed by atoms with Crippen LogP contribution in [0.2, 0.25) is 0 Å². The molecule has 0 saturated heterocycles. The van der Waals surface area contributed by atoms with Crippen LogP contribution in [0.4, 0.5) is 17.6 Å². The van der Waals surface area contributed by atoms with Crippen LogP contribution in [0.25, 0.3) is 0 Å². The number of benzene rings is 1. The molecule has 0 aliphatic rings. The molecule has 0 atom stereocenters. The minimum absolute atomic E-state index is 0.00150. The minimum Gasteiger partial charge on any atom is -0.207 e.